The normalized spacial score (nSPS) is 19.0. The van der Waals surface area contributed by atoms with Gasteiger partial charge in [0.15, 0.2) is 5.78 Å². The topological polar surface area (TPSA) is 63.7 Å². The summed E-state index contributed by atoms with van der Waals surface area (Å²) in [6, 6.07) is 14.1. The molecule has 0 aliphatic heterocycles. The van der Waals surface area contributed by atoms with Crippen molar-refractivity contribution < 1.29 is 19.1 Å². The molecule has 1 aliphatic carbocycles. The highest BCUT2D eigenvalue weighted by Crippen LogP contribution is 2.42. The van der Waals surface area contributed by atoms with Crippen molar-refractivity contribution in [2.45, 2.75) is 38.1 Å². The lowest BCUT2D eigenvalue weighted by Crippen LogP contribution is -2.53. The number of carbonyl (C=O) groups is 3. The van der Waals surface area contributed by atoms with Crippen molar-refractivity contribution in [3.8, 4) is 5.75 Å². The molecule has 156 valence electrons. The van der Waals surface area contributed by atoms with Gasteiger partial charge in [-0.15, -0.1) is 0 Å². The lowest BCUT2D eigenvalue weighted by Gasteiger charge is -2.43. The second-order valence-electron chi connectivity index (χ2n) is 7.33. The highest BCUT2D eigenvalue weighted by Gasteiger charge is 2.47. The summed E-state index contributed by atoms with van der Waals surface area (Å²) in [5.74, 6) is -0.412. The number of para-hydroxylation sites is 1. The molecule has 0 spiro atoms. The van der Waals surface area contributed by atoms with E-state index in [2.05, 4.69) is 0 Å². The molecule has 1 unspecified atom stereocenters. The van der Waals surface area contributed by atoms with Crippen molar-refractivity contribution >= 4 is 35.3 Å². The fraction of sp³-hybridized carbons (Fsp3) is 0.292. The summed E-state index contributed by atoms with van der Waals surface area (Å²) in [6.45, 7) is 1.32. The van der Waals surface area contributed by atoms with E-state index in [1.807, 2.05) is 12.1 Å². The third-order valence-electron chi connectivity index (χ3n) is 5.45. The number of esters is 1. The van der Waals surface area contributed by atoms with Crippen molar-refractivity contribution in [1.82, 2.24) is 4.90 Å². The lowest BCUT2D eigenvalue weighted by molar-refractivity contribution is -0.144. The minimum atomic E-state index is -1.09. The molecule has 1 amide bonds. The predicted molar refractivity (Wildman–Crippen MR) is 116 cm³/mol. The summed E-state index contributed by atoms with van der Waals surface area (Å²) in [5.41, 5.74) is 0.157. The highest BCUT2D eigenvalue weighted by molar-refractivity contribution is 6.31. The summed E-state index contributed by atoms with van der Waals surface area (Å²) in [5, 5.41) is 0.469. The number of benzene rings is 2. The van der Waals surface area contributed by atoms with Gasteiger partial charge in [0.05, 0.1) is 0 Å². The molecular weight excluding hydrogens is 402 g/mol. The number of amides is 1. The van der Waals surface area contributed by atoms with Crippen LogP contribution >= 0.6 is 11.6 Å². The largest absolute Gasteiger partial charge is 0.426 e. The predicted octanol–water partition coefficient (Wildman–Crippen LogP) is 4.78. The van der Waals surface area contributed by atoms with Crippen molar-refractivity contribution in [3.63, 3.8) is 0 Å². The first-order valence-corrected chi connectivity index (χ1v) is 10.3. The van der Waals surface area contributed by atoms with Crippen molar-refractivity contribution in [2.75, 3.05) is 7.05 Å². The zero-order chi connectivity index (χ0) is 21.7. The molecule has 0 saturated heterocycles. The number of Topliss-reactive ketones (excluding diaryl/α,β-unsaturated/α-hetero) is 1. The van der Waals surface area contributed by atoms with Gasteiger partial charge in [0.1, 0.15) is 11.3 Å². The van der Waals surface area contributed by atoms with E-state index in [9.17, 15) is 14.4 Å². The van der Waals surface area contributed by atoms with Gasteiger partial charge in [-0.05, 0) is 37.5 Å². The first-order valence-electron chi connectivity index (χ1n) is 9.88. The van der Waals surface area contributed by atoms with E-state index in [-0.39, 0.29) is 11.7 Å². The first-order chi connectivity index (χ1) is 14.4. The number of ketones is 1. The Bertz CT molecular complexity index is 1000. The van der Waals surface area contributed by atoms with Crippen LogP contribution in [0.25, 0.3) is 6.08 Å². The van der Waals surface area contributed by atoms with Gasteiger partial charge < -0.3 is 9.64 Å². The van der Waals surface area contributed by atoms with Crippen LogP contribution in [-0.2, 0) is 19.9 Å². The molecule has 5 nitrogen and oxygen atoms in total. The molecule has 6 heteroatoms. The minimum Gasteiger partial charge on any atom is -0.426 e. The standard InChI is InChI=1S/C24H24ClNO4/c1-17(27)30-21-12-6-3-9-18(21)14-15-23(29)26(2)24(16-8-7-13-22(24)28)19-10-4-5-11-20(19)25/h3-6,9-12,14-15H,7-8,13,16H2,1-2H3. The Balaban J connectivity index is 1.95. The summed E-state index contributed by atoms with van der Waals surface area (Å²) < 4.78 is 5.19. The van der Waals surface area contributed by atoms with E-state index in [4.69, 9.17) is 16.3 Å². The van der Waals surface area contributed by atoms with Crippen LogP contribution in [-0.4, -0.2) is 29.6 Å². The van der Waals surface area contributed by atoms with Crippen LogP contribution in [0.15, 0.2) is 54.6 Å². The Morgan fingerprint density at radius 3 is 2.50 bits per heavy atom. The Labute approximate surface area is 181 Å². The molecule has 2 aromatic carbocycles. The number of ether oxygens (including phenoxy) is 1. The minimum absolute atomic E-state index is 0.00795. The Morgan fingerprint density at radius 1 is 1.10 bits per heavy atom. The van der Waals surface area contributed by atoms with E-state index >= 15 is 0 Å². The lowest BCUT2D eigenvalue weighted by atomic mass is 9.74. The molecule has 1 atom stereocenters. The molecule has 1 aliphatic rings. The Kier molecular flexibility index (Phi) is 6.73. The van der Waals surface area contributed by atoms with Gasteiger partial charge in [0, 0.05) is 42.6 Å². The number of likely N-dealkylation sites (N-methyl/N-ethyl adjacent to an activating group) is 1. The average molecular weight is 426 g/mol. The Hall–Kier alpha value is -2.92. The maximum Gasteiger partial charge on any atom is 0.308 e. The molecule has 0 aromatic heterocycles. The van der Waals surface area contributed by atoms with E-state index in [1.165, 1.54) is 17.9 Å². The number of carbonyl (C=O) groups excluding carboxylic acids is 3. The molecule has 0 bridgehead atoms. The highest BCUT2D eigenvalue weighted by atomic mass is 35.5. The van der Waals surface area contributed by atoms with E-state index in [0.29, 0.717) is 34.7 Å². The third kappa shape index (κ3) is 4.31. The molecular formula is C24H24ClNO4. The molecule has 0 radical (unpaired) electrons. The van der Waals surface area contributed by atoms with Crippen molar-refractivity contribution in [1.29, 1.82) is 0 Å². The molecule has 0 heterocycles. The van der Waals surface area contributed by atoms with Crippen LogP contribution in [0.3, 0.4) is 0 Å². The molecule has 3 rings (SSSR count). The first kappa shape index (κ1) is 21.8. The summed E-state index contributed by atoms with van der Waals surface area (Å²) in [6.07, 6.45) is 5.54. The molecule has 1 fully saturated rings. The summed E-state index contributed by atoms with van der Waals surface area (Å²) >= 11 is 6.45. The van der Waals surface area contributed by atoms with Gasteiger partial charge in [-0.25, -0.2) is 0 Å². The second-order valence-corrected chi connectivity index (χ2v) is 7.74. The van der Waals surface area contributed by atoms with Crippen LogP contribution in [0.2, 0.25) is 5.02 Å². The molecule has 2 aromatic rings. The van der Waals surface area contributed by atoms with Crippen molar-refractivity contribution in [3.05, 3.63) is 70.8 Å². The zero-order valence-electron chi connectivity index (χ0n) is 17.1. The molecule has 0 N–H and O–H groups in total. The van der Waals surface area contributed by atoms with Crippen LogP contribution < -0.4 is 4.74 Å². The van der Waals surface area contributed by atoms with Gasteiger partial charge in [0.25, 0.3) is 0 Å². The fourth-order valence-electron chi connectivity index (χ4n) is 3.96. The quantitative estimate of drug-likeness (QED) is 0.393. The monoisotopic (exact) mass is 425 g/mol. The van der Waals surface area contributed by atoms with Crippen molar-refractivity contribution in [2.24, 2.45) is 0 Å². The summed E-state index contributed by atoms with van der Waals surface area (Å²) in [7, 11) is 1.64. The fourth-order valence-corrected chi connectivity index (χ4v) is 4.25. The second kappa shape index (κ2) is 9.26. The van der Waals surface area contributed by atoms with Crippen LogP contribution in [0, 0.1) is 0 Å². The number of halogens is 1. The number of rotatable bonds is 5. The van der Waals surface area contributed by atoms with Gasteiger partial charge in [-0.2, -0.15) is 0 Å². The number of nitrogens with zero attached hydrogens (tertiary/aromatic N) is 1. The summed E-state index contributed by atoms with van der Waals surface area (Å²) in [4.78, 5) is 39.1. The smallest absolute Gasteiger partial charge is 0.308 e. The van der Waals surface area contributed by atoms with E-state index in [0.717, 1.165) is 12.8 Å². The van der Waals surface area contributed by atoms with Crippen LogP contribution in [0.1, 0.15) is 43.7 Å². The SMILES string of the molecule is CC(=O)Oc1ccccc1C=CC(=O)N(C)C1(c2ccccc2Cl)CCCCC1=O. The Morgan fingerprint density at radius 2 is 1.80 bits per heavy atom. The third-order valence-corrected chi connectivity index (χ3v) is 5.78. The number of hydrogen-bond donors (Lipinski definition) is 0. The van der Waals surface area contributed by atoms with Gasteiger partial charge in [0.2, 0.25) is 5.91 Å². The average Bonchev–Trinajstić information content (AvgIpc) is 2.73. The molecule has 1 saturated carbocycles. The van der Waals surface area contributed by atoms with Crippen LogP contribution in [0.5, 0.6) is 5.75 Å². The van der Waals surface area contributed by atoms with E-state index < -0.39 is 11.5 Å². The maximum absolute atomic E-state index is 13.1. The van der Waals surface area contributed by atoms with Gasteiger partial charge >= 0.3 is 5.97 Å². The molecule has 30 heavy (non-hydrogen) atoms. The van der Waals surface area contributed by atoms with Gasteiger partial charge in [-0.1, -0.05) is 48.0 Å². The van der Waals surface area contributed by atoms with Gasteiger partial charge in [-0.3, -0.25) is 14.4 Å². The van der Waals surface area contributed by atoms with E-state index in [1.54, 1.807) is 49.5 Å². The number of hydrogen-bond acceptors (Lipinski definition) is 4. The zero-order valence-corrected chi connectivity index (χ0v) is 17.8. The van der Waals surface area contributed by atoms with Crippen LogP contribution in [0.4, 0.5) is 0 Å². The maximum atomic E-state index is 13.1.